The fourth-order valence-electron chi connectivity index (χ4n) is 3.02. The molecule has 0 atom stereocenters. The number of methoxy groups -OCH3 is 2. The molecule has 1 fully saturated rings. The van der Waals surface area contributed by atoms with Gasteiger partial charge < -0.3 is 19.5 Å². The Morgan fingerprint density at radius 3 is 2.20 bits per heavy atom. The lowest BCUT2D eigenvalue weighted by atomic mass is 9.84. The van der Waals surface area contributed by atoms with Gasteiger partial charge in [0.1, 0.15) is 17.3 Å². The summed E-state index contributed by atoms with van der Waals surface area (Å²) in [5.41, 5.74) is -0.0485. The van der Waals surface area contributed by atoms with Gasteiger partial charge in [0.05, 0.1) is 19.8 Å². The molecule has 0 radical (unpaired) electrons. The second-order valence-corrected chi connectivity index (χ2v) is 7.44. The number of aromatic nitrogens is 2. The number of hydrogen-bond donors (Lipinski definition) is 1. The van der Waals surface area contributed by atoms with Crippen molar-refractivity contribution in [2.24, 2.45) is 0 Å². The van der Waals surface area contributed by atoms with E-state index in [0.29, 0.717) is 30.3 Å². The minimum absolute atomic E-state index is 0.330. The molecule has 136 valence electrons. The Bertz CT molecular complexity index is 702. The Morgan fingerprint density at radius 2 is 1.72 bits per heavy atom. The van der Waals surface area contributed by atoms with Crippen molar-refractivity contribution in [3.05, 3.63) is 29.6 Å². The van der Waals surface area contributed by atoms with Crippen LogP contribution < -0.4 is 14.4 Å². The molecule has 6 nitrogen and oxygen atoms in total. The summed E-state index contributed by atoms with van der Waals surface area (Å²) >= 11 is 1.44. The molecule has 1 N–H and O–H groups in total. The standard InChI is InChI=1S/C18H25N3O3S/c1-12(2)16-19-17(25-20-16)21-7-5-18(22,6-8-21)13-9-14(23-3)11-15(10-13)24-4/h9-12,22H,5-8H2,1-4H3. The molecule has 2 heterocycles. The molecule has 0 amide bonds. The number of anilines is 1. The van der Waals surface area contributed by atoms with Crippen LogP contribution in [0.4, 0.5) is 5.13 Å². The number of rotatable bonds is 5. The Kier molecular flexibility index (Phi) is 5.15. The topological polar surface area (TPSA) is 67.7 Å². The van der Waals surface area contributed by atoms with Crippen LogP contribution in [0.1, 0.15) is 44.0 Å². The zero-order valence-electron chi connectivity index (χ0n) is 15.2. The molecule has 0 spiro atoms. The van der Waals surface area contributed by atoms with E-state index in [2.05, 4.69) is 28.1 Å². The molecule has 1 saturated heterocycles. The molecular formula is C18H25N3O3S. The highest BCUT2D eigenvalue weighted by atomic mass is 32.1. The van der Waals surface area contributed by atoms with Crippen LogP contribution in [0.2, 0.25) is 0 Å². The van der Waals surface area contributed by atoms with Crippen molar-refractivity contribution in [1.82, 2.24) is 9.36 Å². The first-order valence-electron chi connectivity index (χ1n) is 8.49. The van der Waals surface area contributed by atoms with Crippen LogP contribution in [0, 0.1) is 0 Å². The van der Waals surface area contributed by atoms with Crippen molar-refractivity contribution in [2.45, 2.75) is 38.2 Å². The van der Waals surface area contributed by atoms with Crippen LogP contribution in [0.5, 0.6) is 11.5 Å². The van der Waals surface area contributed by atoms with Crippen molar-refractivity contribution in [3.8, 4) is 11.5 Å². The van der Waals surface area contributed by atoms with Gasteiger partial charge in [0.15, 0.2) is 0 Å². The summed E-state index contributed by atoms with van der Waals surface area (Å²) in [5.74, 6) is 2.60. The third kappa shape index (κ3) is 3.72. The second-order valence-electron chi connectivity index (χ2n) is 6.71. The average Bonchev–Trinajstić information content (AvgIpc) is 3.12. The summed E-state index contributed by atoms with van der Waals surface area (Å²) in [5, 5.41) is 12.1. The smallest absolute Gasteiger partial charge is 0.205 e. The van der Waals surface area contributed by atoms with Crippen LogP contribution >= 0.6 is 11.5 Å². The third-order valence-electron chi connectivity index (χ3n) is 4.70. The molecule has 2 aromatic rings. The number of hydrogen-bond acceptors (Lipinski definition) is 7. The summed E-state index contributed by atoms with van der Waals surface area (Å²) in [6.45, 7) is 5.67. The lowest BCUT2D eigenvalue weighted by Crippen LogP contribution is -2.42. The van der Waals surface area contributed by atoms with Gasteiger partial charge in [-0.25, -0.2) is 4.98 Å². The van der Waals surface area contributed by atoms with Gasteiger partial charge in [-0.1, -0.05) is 13.8 Å². The lowest BCUT2D eigenvalue weighted by Gasteiger charge is -2.38. The predicted octanol–water partition coefficient (Wildman–Crippen LogP) is 3.17. The van der Waals surface area contributed by atoms with E-state index in [1.54, 1.807) is 14.2 Å². The van der Waals surface area contributed by atoms with Gasteiger partial charge >= 0.3 is 0 Å². The zero-order chi connectivity index (χ0) is 18.0. The SMILES string of the molecule is COc1cc(OC)cc(C2(O)CCN(c3nc(C(C)C)ns3)CC2)c1. The van der Waals surface area contributed by atoms with E-state index in [1.165, 1.54) is 11.5 Å². The van der Waals surface area contributed by atoms with E-state index in [-0.39, 0.29) is 0 Å². The number of ether oxygens (including phenoxy) is 2. The van der Waals surface area contributed by atoms with E-state index >= 15 is 0 Å². The average molecular weight is 363 g/mol. The number of aliphatic hydroxyl groups is 1. The molecule has 1 aromatic heterocycles. The molecule has 0 saturated carbocycles. The molecule has 0 aliphatic carbocycles. The minimum Gasteiger partial charge on any atom is -0.497 e. The summed E-state index contributed by atoms with van der Waals surface area (Å²) in [6.07, 6.45) is 1.25. The molecule has 3 rings (SSSR count). The summed E-state index contributed by atoms with van der Waals surface area (Å²) in [4.78, 5) is 6.82. The summed E-state index contributed by atoms with van der Waals surface area (Å²) in [7, 11) is 3.24. The largest absolute Gasteiger partial charge is 0.497 e. The first kappa shape index (κ1) is 17.9. The minimum atomic E-state index is -0.885. The van der Waals surface area contributed by atoms with E-state index in [0.717, 1.165) is 29.6 Å². The van der Waals surface area contributed by atoms with E-state index in [4.69, 9.17) is 9.47 Å². The molecular weight excluding hydrogens is 338 g/mol. The molecule has 1 aromatic carbocycles. The van der Waals surface area contributed by atoms with Gasteiger partial charge in [-0.05, 0) is 30.5 Å². The van der Waals surface area contributed by atoms with Crippen LogP contribution in [0.25, 0.3) is 0 Å². The van der Waals surface area contributed by atoms with Crippen LogP contribution in [-0.2, 0) is 5.60 Å². The maximum absolute atomic E-state index is 11.2. The quantitative estimate of drug-likeness (QED) is 0.880. The van der Waals surface area contributed by atoms with E-state index in [1.807, 2.05) is 18.2 Å². The van der Waals surface area contributed by atoms with Crippen molar-refractivity contribution in [3.63, 3.8) is 0 Å². The van der Waals surface area contributed by atoms with Crippen LogP contribution in [0.3, 0.4) is 0 Å². The first-order chi connectivity index (χ1) is 11.9. The Morgan fingerprint density at radius 1 is 1.12 bits per heavy atom. The summed E-state index contributed by atoms with van der Waals surface area (Å²) in [6, 6.07) is 5.59. The molecule has 7 heteroatoms. The molecule has 1 aliphatic heterocycles. The highest BCUT2D eigenvalue weighted by Gasteiger charge is 2.35. The summed E-state index contributed by atoms with van der Waals surface area (Å²) < 4.78 is 15.1. The van der Waals surface area contributed by atoms with Crippen LogP contribution in [0.15, 0.2) is 18.2 Å². The van der Waals surface area contributed by atoms with Gasteiger partial charge in [-0.15, -0.1) is 0 Å². The first-order valence-corrected chi connectivity index (χ1v) is 9.27. The van der Waals surface area contributed by atoms with Crippen molar-refractivity contribution in [2.75, 3.05) is 32.2 Å². The Hall–Kier alpha value is -1.86. The maximum atomic E-state index is 11.2. The third-order valence-corrected chi connectivity index (χ3v) is 5.49. The number of piperidine rings is 1. The van der Waals surface area contributed by atoms with Crippen molar-refractivity contribution in [1.29, 1.82) is 0 Å². The van der Waals surface area contributed by atoms with Gasteiger partial charge in [0.25, 0.3) is 0 Å². The van der Waals surface area contributed by atoms with Gasteiger partial charge in [0, 0.05) is 36.6 Å². The van der Waals surface area contributed by atoms with Crippen molar-refractivity contribution >= 4 is 16.7 Å². The second kappa shape index (κ2) is 7.17. The van der Waals surface area contributed by atoms with E-state index in [9.17, 15) is 5.11 Å². The van der Waals surface area contributed by atoms with Crippen molar-refractivity contribution < 1.29 is 14.6 Å². The Balaban J connectivity index is 1.75. The highest BCUT2D eigenvalue weighted by Crippen LogP contribution is 2.38. The number of nitrogens with zero attached hydrogens (tertiary/aromatic N) is 3. The zero-order valence-corrected chi connectivity index (χ0v) is 16.0. The van der Waals surface area contributed by atoms with E-state index < -0.39 is 5.60 Å². The number of benzene rings is 1. The fraction of sp³-hybridized carbons (Fsp3) is 0.556. The molecule has 1 aliphatic rings. The maximum Gasteiger partial charge on any atom is 0.205 e. The Labute approximate surface area is 152 Å². The van der Waals surface area contributed by atoms with Gasteiger partial charge in [-0.2, -0.15) is 4.37 Å². The highest BCUT2D eigenvalue weighted by molar-refractivity contribution is 7.09. The van der Waals surface area contributed by atoms with Gasteiger partial charge in [0.2, 0.25) is 5.13 Å². The molecule has 25 heavy (non-hydrogen) atoms. The lowest BCUT2D eigenvalue weighted by molar-refractivity contribution is 0.0114. The molecule has 0 bridgehead atoms. The van der Waals surface area contributed by atoms with Gasteiger partial charge in [-0.3, -0.25) is 0 Å². The predicted molar refractivity (Wildman–Crippen MR) is 98.9 cm³/mol. The van der Waals surface area contributed by atoms with Crippen LogP contribution in [-0.4, -0.2) is 41.8 Å². The fourth-order valence-corrected chi connectivity index (χ4v) is 3.88. The molecule has 0 unspecified atom stereocenters. The monoisotopic (exact) mass is 363 g/mol. The normalized spacial score (nSPS) is 17.0.